The van der Waals surface area contributed by atoms with Gasteiger partial charge in [-0.15, -0.1) is 0 Å². The second-order valence-electron chi connectivity index (χ2n) is 4.88. The predicted molar refractivity (Wildman–Crippen MR) is 92.5 cm³/mol. The third kappa shape index (κ3) is 5.09. The summed E-state index contributed by atoms with van der Waals surface area (Å²) in [5.41, 5.74) is 0.696. The Kier molecular flexibility index (Phi) is 6.43. The van der Waals surface area contributed by atoms with E-state index >= 15 is 0 Å². The Balaban J connectivity index is 1.91. The molecule has 1 N–H and O–H groups in total. The maximum atomic E-state index is 11.9. The van der Waals surface area contributed by atoms with Crippen LogP contribution in [0.1, 0.15) is 29.0 Å². The van der Waals surface area contributed by atoms with E-state index in [9.17, 15) is 9.59 Å². The summed E-state index contributed by atoms with van der Waals surface area (Å²) in [4.78, 5) is 27.6. The van der Waals surface area contributed by atoms with E-state index in [0.29, 0.717) is 5.02 Å². The van der Waals surface area contributed by atoms with E-state index in [1.54, 1.807) is 25.1 Å². The van der Waals surface area contributed by atoms with E-state index in [1.165, 1.54) is 12.1 Å². The van der Waals surface area contributed by atoms with Crippen LogP contribution >= 0.6 is 34.8 Å². The number of rotatable bonds is 5. The molecular formula is C16H13Cl3N2O3. The fraction of sp³-hybridized carbons (Fsp3) is 0.188. The van der Waals surface area contributed by atoms with E-state index in [2.05, 4.69) is 10.3 Å². The minimum absolute atomic E-state index is 0.0945. The van der Waals surface area contributed by atoms with Crippen molar-refractivity contribution >= 4 is 46.7 Å². The SMILES string of the molecule is C[C@H](NC(=O)COC(=O)c1nc(Cl)ccc1Cl)c1cccc(Cl)c1. The van der Waals surface area contributed by atoms with Crippen LogP contribution in [0.3, 0.4) is 0 Å². The topological polar surface area (TPSA) is 68.3 Å². The van der Waals surface area contributed by atoms with Gasteiger partial charge in [-0.3, -0.25) is 4.79 Å². The summed E-state index contributed by atoms with van der Waals surface area (Å²) < 4.78 is 4.90. The molecule has 1 heterocycles. The van der Waals surface area contributed by atoms with Crippen molar-refractivity contribution in [3.05, 3.63) is 62.9 Å². The van der Waals surface area contributed by atoms with Crippen molar-refractivity contribution in [2.45, 2.75) is 13.0 Å². The van der Waals surface area contributed by atoms with Gasteiger partial charge in [-0.2, -0.15) is 0 Å². The van der Waals surface area contributed by atoms with E-state index in [4.69, 9.17) is 39.5 Å². The molecule has 1 atom stereocenters. The fourth-order valence-corrected chi connectivity index (χ4v) is 2.43. The minimum atomic E-state index is -0.826. The van der Waals surface area contributed by atoms with Crippen LogP contribution in [-0.2, 0) is 9.53 Å². The van der Waals surface area contributed by atoms with E-state index in [1.807, 2.05) is 6.07 Å². The van der Waals surface area contributed by atoms with Crippen molar-refractivity contribution in [3.63, 3.8) is 0 Å². The summed E-state index contributed by atoms with van der Waals surface area (Å²) in [5, 5.41) is 3.47. The molecule has 0 bridgehead atoms. The third-order valence-corrected chi connectivity index (χ3v) is 3.82. The number of benzene rings is 1. The Bertz CT molecular complexity index is 768. The highest BCUT2D eigenvalue weighted by atomic mass is 35.5. The number of hydrogen-bond donors (Lipinski definition) is 1. The second kappa shape index (κ2) is 8.33. The Hall–Kier alpha value is -1.82. The zero-order valence-electron chi connectivity index (χ0n) is 12.6. The summed E-state index contributed by atoms with van der Waals surface area (Å²) in [7, 11) is 0. The number of ether oxygens (including phenoxy) is 1. The van der Waals surface area contributed by atoms with Gasteiger partial charge in [0, 0.05) is 5.02 Å². The van der Waals surface area contributed by atoms with Gasteiger partial charge in [0.25, 0.3) is 5.91 Å². The summed E-state index contributed by atoms with van der Waals surface area (Å²) in [6.07, 6.45) is 0. The van der Waals surface area contributed by atoms with Crippen LogP contribution < -0.4 is 5.32 Å². The number of nitrogens with one attached hydrogen (secondary N) is 1. The lowest BCUT2D eigenvalue weighted by Crippen LogP contribution is -2.31. The van der Waals surface area contributed by atoms with Gasteiger partial charge in [-0.1, -0.05) is 46.9 Å². The van der Waals surface area contributed by atoms with Gasteiger partial charge in [0.05, 0.1) is 11.1 Å². The smallest absolute Gasteiger partial charge is 0.359 e. The number of halogens is 3. The van der Waals surface area contributed by atoms with Crippen molar-refractivity contribution in [2.24, 2.45) is 0 Å². The molecule has 0 fully saturated rings. The Labute approximate surface area is 153 Å². The fourth-order valence-electron chi connectivity index (χ4n) is 1.90. The molecule has 0 saturated carbocycles. The summed E-state index contributed by atoms with van der Waals surface area (Å²) in [6, 6.07) is 9.68. The van der Waals surface area contributed by atoms with Crippen molar-refractivity contribution in [2.75, 3.05) is 6.61 Å². The molecule has 0 unspecified atom stereocenters. The van der Waals surface area contributed by atoms with E-state index in [-0.39, 0.29) is 21.9 Å². The van der Waals surface area contributed by atoms with Crippen LogP contribution in [0.5, 0.6) is 0 Å². The Morgan fingerprint density at radius 1 is 1.21 bits per heavy atom. The molecule has 8 heteroatoms. The summed E-state index contributed by atoms with van der Waals surface area (Å²) in [6.45, 7) is 1.33. The molecule has 1 aromatic heterocycles. The lowest BCUT2D eigenvalue weighted by atomic mass is 10.1. The highest BCUT2D eigenvalue weighted by molar-refractivity contribution is 6.34. The molecule has 5 nitrogen and oxygen atoms in total. The van der Waals surface area contributed by atoms with Crippen molar-refractivity contribution < 1.29 is 14.3 Å². The molecule has 0 aliphatic rings. The predicted octanol–water partition coefficient (Wildman–Crippen LogP) is 4.08. The average molecular weight is 388 g/mol. The van der Waals surface area contributed by atoms with Crippen LogP contribution in [0.15, 0.2) is 36.4 Å². The molecule has 0 aliphatic carbocycles. The van der Waals surface area contributed by atoms with Gasteiger partial charge >= 0.3 is 5.97 Å². The standard InChI is InChI=1S/C16H13Cl3N2O3/c1-9(10-3-2-4-11(17)7-10)20-14(22)8-24-16(23)15-12(18)5-6-13(19)21-15/h2-7,9H,8H2,1H3,(H,20,22)/t9-/m0/s1. The molecule has 126 valence electrons. The first kappa shape index (κ1) is 18.5. The molecule has 2 aromatic rings. The molecule has 1 aromatic carbocycles. The van der Waals surface area contributed by atoms with Crippen molar-refractivity contribution in [3.8, 4) is 0 Å². The van der Waals surface area contributed by atoms with Gasteiger partial charge in [-0.05, 0) is 36.8 Å². The van der Waals surface area contributed by atoms with Crippen molar-refractivity contribution in [1.29, 1.82) is 0 Å². The second-order valence-corrected chi connectivity index (χ2v) is 6.12. The molecule has 0 aliphatic heterocycles. The Morgan fingerprint density at radius 2 is 1.96 bits per heavy atom. The number of carbonyl (C=O) groups is 2. The van der Waals surface area contributed by atoms with Crippen molar-refractivity contribution in [1.82, 2.24) is 10.3 Å². The molecule has 0 radical (unpaired) electrons. The van der Waals surface area contributed by atoms with Crippen LogP contribution in [0.25, 0.3) is 0 Å². The van der Waals surface area contributed by atoms with E-state index < -0.39 is 18.5 Å². The number of pyridine rings is 1. The minimum Gasteiger partial charge on any atom is -0.451 e. The lowest BCUT2D eigenvalue weighted by molar-refractivity contribution is -0.124. The first-order valence-electron chi connectivity index (χ1n) is 6.91. The maximum Gasteiger partial charge on any atom is 0.359 e. The van der Waals surface area contributed by atoms with Gasteiger partial charge in [0.15, 0.2) is 12.3 Å². The first-order valence-corrected chi connectivity index (χ1v) is 8.04. The molecule has 0 spiro atoms. The van der Waals surface area contributed by atoms with Crippen LogP contribution in [0, 0.1) is 0 Å². The molecular weight excluding hydrogens is 375 g/mol. The van der Waals surface area contributed by atoms with Crippen LogP contribution in [0.4, 0.5) is 0 Å². The zero-order chi connectivity index (χ0) is 17.7. The summed E-state index contributed by atoms with van der Waals surface area (Å²) >= 11 is 17.5. The van der Waals surface area contributed by atoms with Gasteiger partial charge in [0.1, 0.15) is 5.15 Å². The molecule has 2 rings (SSSR count). The number of nitrogens with zero attached hydrogens (tertiary/aromatic N) is 1. The molecule has 0 saturated heterocycles. The lowest BCUT2D eigenvalue weighted by Gasteiger charge is -2.14. The third-order valence-electron chi connectivity index (χ3n) is 3.07. The van der Waals surface area contributed by atoms with Gasteiger partial charge < -0.3 is 10.1 Å². The van der Waals surface area contributed by atoms with Gasteiger partial charge in [0.2, 0.25) is 0 Å². The normalized spacial score (nSPS) is 11.7. The first-order chi connectivity index (χ1) is 11.4. The number of esters is 1. The van der Waals surface area contributed by atoms with Crippen LogP contribution in [0.2, 0.25) is 15.2 Å². The maximum absolute atomic E-state index is 11.9. The van der Waals surface area contributed by atoms with E-state index in [0.717, 1.165) is 5.56 Å². The monoisotopic (exact) mass is 386 g/mol. The number of hydrogen-bond acceptors (Lipinski definition) is 4. The van der Waals surface area contributed by atoms with Crippen LogP contribution in [-0.4, -0.2) is 23.5 Å². The quantitative estimate of drug-likeness (QED) is 0.620. The Morgan fingerprint density at radius 3 is 2.67 bits per heavy atom. The highest BCUT2D eigenvalue weighted by Gasteiger charge is 2.17. The number of amides is 1. The average Bonchev–Trinajstić information content (AvgIpc) is 2.54. The zero-order valence-corrected chi connectivity index (χ0v) is 14.8. The molecule has 1 amide bonds. The van der Waals surface area contributed by atoms with Gasteiger partial charge in [-0.25, -0.2) is 9.78 Å². The summed E-state index contributed by atoms with van der Waals surface area (Å²) in [5.74, 6) is -1.29. The molecule has 24 heavy (non-hydrogen) atoms. The number of carbonyl (C=O) groups excluding carboxylic acids is 2. The number of aromatic nitrogens is 1. The largest absolute Gasteiger partial charge is 0.451 e. The highest BCUT2D eigenvalue weighted by Crippen LogP contribution is 2.18.